The molecular weight excluding hydrogens is 216 g/mol. The van der Waals surface area contributed by atoms with E-state index in [1.165, 1.54) is 17.1 Å². The number of pyridine rings is 1. The quantitative estimate of drug-likeness (QED) is 0.771. The number of primary amides is 1. The molecule has 0 aliphatic rings. The van der Waals surface area contributed by atoms with Crippen LogP contribution in [0.2, 0.25) is 5.15 Å². The summed E-state index contributed by atoms with van der Waals surface area (Å²) in [6, 6.07) is 3.44. The third kappa shape index (κ3) is 1.69. The second-order valence-electron chi connectivity index (χ2n) is 2.83. The summed E-state index contributed by atoms with van der Waals surface area (Å²) in [6.07, 6.45) is 4.40. The molecule has 0 saturated carbocycles. The summed E-state index contributed by atoms with van der Waals surface area (Å²) >= 11 is 5.88. The molecule has 0 radical (unpaired) electrons. The summed E-state index contributed by atoms with van der Waals surface area (Å²) in [6.45, 7) is 0. The van der Waals surface area contributed by atoms with Crippen molar-refractivity contribution in [1.82, 2.24) is 14.5 Å². The van der Waals surface area contributed by atoms with E-state index in [0.29, 0.717) is 5.69 Å². The van der Waals surface area contributed by atoms with E-state index in [2.05, 4.69) is 9.97 Å². The maximum absolute atomic E-state index is 11.1. The highest BCUT2D eigenvalue weighted by Gasteiger charge is 2.11. The van der Waals surface area contributed by atoms with Gasteiger partial charge in [0.15, 0.2) is 5.15 Å². The van der Waals surface area contributed by atoms with E-state index >= 15 is 0 Å². The van der Waals surface area contributed by atoms with Crippen molar-refractivity contribution in [3.05, 3.63) is 41.7 Å². The van der Waals surface area contributed by atoms with Crippen molar-refractivity contribution >= 4 is 17.5 Å². The summed E-state index contributed by atoms with van der Waals surface area (Å²) in [4.78, 5) is 18.8. The molecule has 2 aromatic heterocycles. The topological polar surface area (TPSA) is 73.8 Å². The van der Waals surface area contributed by atoms with Crippen LogP contribution < -0.4 is 5.73 Å². The van der Waals surface area contributed by atoms with Crippen molar-refractivity contribution in [2.75, 3.05) is 0 Å². The van der Waals surface area contributed by atoms with E-state index in [0.717, 1.165) is 0 Å². The van der Waals surface area contributed by atoms with Crippen LogP contribution in [0.1, 0.15) is 10.5 Å². The summed E-state index contributed by atoms with van der Waals surface area (Å²) < 4.78 is 1.50. The molecule has 6 heteroatoms. The Bertz CT molecular complexity index is 508. The smallest absolute Gasteiger partial charge is 0.267 e. The number of carbonyl (C=O) groups is 1. The van der Waals surface area contributed by atoms with Crippen LogP contribution in [0.15, 0.2) is 30.9 Å². The predicted octanol–water partition coefficient (Wildman–Crippen LogP) is 1.02. The number of carbonyl (C=O) groups excluding carboxylic acids is 1. The molecule has 0 spiro atoms. The fourth-order valence-corrected chi connectivity index (χ4v) is 1.44. The van der Waals surface area contributed by atoms with Crippen LogP contribution >= 0.6 is 11.6 Å². The molecule has 5 nitrogen and oxygen atoms in total. The minimum absolute atomic E-state index is 0.268. The number of halogens is 1. The monoisotopic (exact) mass is 222 g/mol. The van der Waals surface area contributed by atoms with E-state index in [1.54, 1.807) is 18.3 Å². The molecule has 0 saturated heterocycles. The summed E-state index contributed by atoms with van der Waals surface area (Å²) in [7, 11) is 0. The Morgan fingerprint density at radius 2 is 2.33 bits per heavy atom. The summed E-state index contributed by atoms with van der Waals surface area (Å²) in [5.41, 5.74) is 6.03. The van der Waals surface area contributed by atoms with Crippen LogP contribution in [-0.4, -0.2) is 20.4 Å². The van der Waals surface area contributed by atoms with Crippen LogP contribution in [0.3, 0.4) is 0 Å². The van der Waals surface area contributed by atoms with Gasteiger partial charge in [0, 0.05) is 6.20 Å². The molecule has 0 bridgehead atoms. The highest BCUT2D eigenvalue weighted by atomic mass is 35.5. The van der Waals surface area contributed by atoms with Gasteiger partial charge in [-0.1, -0.05) is 11.6 Å². The largest absolute Gasteiger partial charge is 0.364 e. The van der Waals surface area contributed by atoms with Crippen LogP contribution in [0.5, 0.6) is 0 Å². The van der Waals surface area contributed by atoms with Gasteiger partial charge in [0.25, 0.3) is 5.91 Å². The first-order valence-electron chi connectivity index (χ1n) is 4.13. The van der Waals surface area contributed by atoms with E-state index in [-0.39, 0.29) is 10.8 Å². The lowest BCUT2D eigenvalue weighted by atomic mass is 10.3. The minimum atomic E-state index is -0.563. The number of aromatic nitrogens is 3. The molecule has 0 aliphatic carbocycles. The zero-order valence-electron chi connectivity index (χ0n) is 7.59. The van der Waals surface area contributed by atoms with Gasteiger partial charge in [-0.25, -0.2) is 9.97 Å². The van der Waals surface area contributed by atoms with Crippen molar-refractivity contribution in [1.29, 1.82) is 0 Å². The number of nitrogens with zero attached hydrogens (tertiary/aromatic N) is 3. The normalized spacial score (nSPS) is 10.2. The minimum Gasteiger partial charge on any atom is -0.364 e. The van der Waals surface area contributed by atoms with Crippen molar-refractivity contribution in [3.8, 4) is 5.69 Å². The second-order valence-corrected chi connectivity index (χ2v) is 3.18. The Hall–Kier alpha value is -1.88. The first-order chi connectivity index (χ1) is 7.20. The molecular formula is C9H7ClN4O. The van der Waals surface area contributed by atoms with Gasteiger partial charge in [0.2, 0.25) is 0 Å². The van der Waals surface area contributed by atoms with Crippen molar-refractivity contribution in [2.45, 2.75) is 0 Å². The number of hydrogen-bond donors (Lipinski definition) is 1. The molecule has 0 unspecified atom stereocenters. The Morgan fingerprint density at radius 1 is 1.53 bits per heavy atom. The third-order valence-electron chi connectivity index (χ3n) is 1.89. The molecule has 0 aromatic carbocycles. The number of hydrogen-bond acceptors (Lipinski definition) is 3. The van der Waals surface area contributed by atoms with E-state index in [4.69, 9.17) is 17.3 Å². The molecule has 15 heavy (non-hydrogen) atoms. The standard InChI is InChI=1S/C9H7ClN4O/c10-8-6(2-1-3-13-8)14-5-12-4-7(14)9(11)15/h1-5H,(H2,11,15). The van der Waals surface area contributed by atoms with Gasteiger partial charge in [-0.3, -0.25) is 9.36 Å². The Kier molecular flexibility index (Phi) is 2.39. The van der Waals surface area contributed by atoms with Gasteiger partial charge in [-0.15, -0.1) is 0 Å². The SMILES string of the molecule is NC(=O)c1cncn1-c1cccnc1Cl. The highest BCUT2D eigenvalue weighted by molar-refractivity contribution is 6.31. The van der Waals surface area contributed by atoms with Crippen molar-refractivity contribution in [3.63, 3.8) is 0 Å². The van der Waals surface area contributed by atoms with Gasteiger partial charge in [0.1, 0.15) is 5.69 Å². The molecule has 2 aromatic rings. The maximum atomic E-state index is 11.1. The number of amides is 1. The van der Waals surface area contributed by atoms with Gasteiger partial charge in [-0.2, -0.15) is 0 Å². The summed E-state index contributed by atoms with van der Waals surface area (Å²) in [5, 5.41) is 0.290. The van der Waals surface area contributed by atoms with Gasteiger partial charge in [0.05, 0.1) is 18.2 Å². The number of imidazole rings is 1. The fraction of sp³-hybridized carbons (Fsp3) is 0. The van der Waals surface area contributed by atoms with E-state index in [1.807, 2.05) is 0 Å². The molecule has 76 valence electrons. The molecule has 2 heterocycles. The average Bonchev–Trinajstić information content (AvgIpc) is 2.67. The predicted molar refractivity (Wildman–Crippen MR) is 54.9 cm³/mol. The number of rotatable bonds is 2. The Balaban J connectivity index is 2.59. The molecule has 2 rings (SSSR count). The lowest BCUT2D eigenvalue weighted by Gasteiger charge is -2.06. The van der Waals surface area contributed by atoms with E-state index < -0.39 is 5.91 Å². The molecule has 0 fully saturated rings. The second kappa shape index (κ2) is 3.70. The lowest BCUT2D eigenvalue weighted by molar-refractivity contribution is 0.0994. The van der Waals surface area contributed by atoms with Crippen LogP contribution in [0.4, 0.5) is 0 Å². The van der Waals surface area contributed by atoms with Gasteiger partial charge < -0.3 is 5.73 Å². The molecule has 0 aliphatic heterocycles. The van der Waals surface area contributed by atoms with Crippen molar-refractivity contribution in [2.24, 2.45) is 5.73 Å². The first kappa shape index (κ1) is 9.67. The zero-order chi connectivity index (χ0) is 10.8. The van der Waals surface area contributed by atoms with E-state index in [9.17, 15) is 4.79 Å². The Morgan fingerprint density at radius 3 is 3.00 bits per heavy atom. The number of nitrogens with two attached hydrogens (primary N) is 1. The Labute approximate surface area is 90.5 Å². The lowest BCUT2D eigenvalue weighted by Crippen LogP contribution is -2.15. The zero-order valence-corrected chi connectivity index (χ0v) is 8.35. The van der Waals surface area contributed by atoms with Crippen LogP contribution in [0.25, 0.3) is 5.69 Å². The van der Waals surface area contributed by atoms with Gasteiger partial charge in [-0.05, 0) is 12.1 Å². The molecule has 0 atom stereocenters. The third-order valence-corrected chi connectivity index (χ3v) is 2.18. The van der Waals surface area contributed by atoms with Crippen molar-refractivity contribution < 1.29 is 4.79 Å². The van der Waals surface area contributed by atoms with Crippen LogP contribution in [-0.2, 0) is 0 Å². The fourth-order valence-electron chi connectivity index (χ4n) is 1.23. The highest BCUT2D eigenvalue weighted by Crippen LogP contribution is 2.18. The van der Waals surface area contributed by atoms with Crippen LogP contribution in [0, 0.1) is 0 Å². The average molecular weight is 223 g/mol. The van der Waals surface area contributed by atoms with Gasteiger partial charge >= 0.3 is 0 Å². The molecule has 2 N–H and O–H groups in total. The maximum Gasteiger partial charge on any atom is 0.267 e. The summed E-state index contributed by atoms with van der Waals surface area (Å²) in [5.74, 6) is -0.563. The first-order valence-corrected chi connectivity index (χ1v) is 4.51. The molecule has 1 amide bonds.